The van der Waals surface area contributed by atoms with E-state index in [1.54, 1.807) is 0 Å². The Morgan fingerprint density at radius 3 is 3.21 bits per heavy atom. The molecule has 4 heteroatoms. The molecule has 2 nitrogen and oxygen atoms in total. The van der Waals surface area contributed by atoms with Crippen LogP contribution in [0, 0.1) is 0 Å². The van der Waals surface area contributed by atoms with Crippen LogP contribution in [0.4, 0.5) is 0 Å². The van der Waals surface area contributed by atoms with E-state index in [0.29, 0.717) is 6.04 Å². The maximum absolute atomic E-state index is 3.49. The highest BCUT2D eigenvalue weighted by molar-refractivity contribution is 9.10. The number of halogens is 1. The molecule has 1 aromatic heterocycles. The lowest BCUT2D eigenvalue weighted by atomic mass is 10.2. The van der Waals surface area contributed by atoms with Crippen LogP contribution in [0.3, 0.4) is 0 Å². The molecule has 1 N–H and O–H groups in total. The Labute approximate surface area is 97.4 Å². The number of piperazine rings is 1. The molecule has 0 radical (unpaired) electrons. The fourth-order valence-electron chi connectivity index (χ4n) is 1.75. The normalized spacial score (nSPS) is 24.0. The van der Waals surface area contributed by atoms with Gasteiger partial charge in [0.25, 0.3) is 0 Å². The predicted molar refractivity (Wildman–Crippen MR) is 64.8 cm³/mol. The Balaban J connectivity index is 1.95. The van der Waals surface area contributed by atoms with Gasteiger partial charge in [-0.3, -0.25) is 4.90 Å². The predicted octanol–water partition coefficient (Wildman–Crippen LogP) is 2.30. The minimum Gasteiger partial charge on any atom is -0.314 e. The highest BCUT2D eigenvalue weighted by Crippen LogP contribution is 2.22. The van der Waals surface area contributed by atoms with Gasteiger partial charge >= 0.3 is 0 Å². The van der Waals surface area contributed by atoms with Crippen molar-refractivity contribution in [3.05, 3.63) is 20.8 Å². The quantitative estimate of drug-likeness (QED) is 0.891. The molecule has 1 aliphatic heterocycles. The number of hydrogen-bond donors (Lipinski definition) is 1. The van der Waals surface area contributed by atoms with E-state index in [2.05, 4.69) is 44.5 Å². The molecular weight excluding hydrogens is 260 g/mol. The second-order valence-corrected chi connectivity index (χ2v) is 5.67. The average Bonchev–Trinajstić information content (AvgIpc) is 2.56. The van der Waals surface area contributed by atoms with Crippen LogP contribution >= 0.6 is 27.3 Å². The van der Waals surface area contributed by atoms with E-state index < -0.39 is 0 Å². The molecule has 0 amide bonds. The summed E-state index contributed by atoms with van der Waals surface area (Å²) in [4.78, 5) is 3.99. The van der Waals surface area contributed by atoms with Crippen molar-refractivity contribution in [2.75, 3.05) is 19.6 Å². The van der Waals surface area contributed by atoms with Crippen LogP contribution in [0.1, 0.15) is 11.8 Å². The van der Waals surface area contributed by atoms with E-state index in [1.165, 1.54) is 9.35 Å². The Kier molecular flexibility index (Phi) is 3.60. The van der Waals surface area contributed by atoms with E-state index >= 15 is 0 Å². The van der Waals surface area contributed by atoms with Gasteiger partial charge < -0.3 is 5.32 Å². The molecule has 2 rings (SSSR count). The van der Waals surface area contributed by atoms with Crippen molar-refractivity contribution in [3.63, 3.8) is 0 Å². The molecule has 0 saturated carbocycles. The van der Waals surface area contributed by atoms with Gasteiger partial charge in [0, 0.05) is 47.0 Å². The molecule has 1 saturated heterocycles. The fourth-order valence-corrected chi connectivity index (χ4v) is 3.23. The van der Waals surface area contributed by atoms with E-state index in [4.69, 9.17) is 0 Å². The van der Waals surface area contributed by atoms with Crippen LogP contribution in [0.2, 0.25) is 0 Å². The van der Waals surface area contributed by atoms with Crippen molar-refractivity contribution >= 4 is 27.3 Å². The van der Waals surface area contributed by atoms with Crippen LogP contribution in [-0.4, -0.2) is 30.6 Å². The molecule has 0 aromatic carbocycles. The molecule has 1 atom stereocenters. The maximum atomic E-state index is 3.49. The SMILES string of the molecule is CC1CNCCN1Cc1cc(Br)cs1. The zero-order chi connectivity index (χ0) is 9.97. The largest absolute Gasteiger partial charge is 0.314 e. The van der Waals surface area contributed by atoms with Crippen LogP contribution in [-0.2, 0) is 6.54 Å². The number of rotatable bonds is 2. The summed E-state index contributed by atoms with van der Waals surface area (Å²) in [6.07, 6.45) is 0. The standard InChI is InChI=1S/C10H15BrN2S/c1-8-5-12-2-3-13(8)6-10-4-9(11)7-14-10/h4,7-8,12H,2-3,5-6H2,1H3. The smallest absolute Gasteiger partial charge is 0.0332 e. The topological polar surface area (TPSA) is 15.3 Å². The van der Waals surface area contributed by atoms with Crippen LogP contribution < -0.4 is 5.32 Å². The summed E-state index contributed by atoms with van der Waals surface area (Å²) < 4.78 is 1.21. The molecule has 14 heavy (non-hydrogen) atoms. The monoisotopic (exact) mass is 274 g/mol. The zero-order valence-electron chi connectivity index (χ0n) is 8.29. The Morgan fingerprint density at radius 2 is 2.57 bits per heavy atom. The van der Waals surface area contributed by atoms with Gasteiger partial charge in [0.2, 0.25) is 0 Å². The highest BCUT2D eigenvalue weighted by atomic mass is 79.9. The summed E-state index contributed by atoms with van der Waals surface area (Å²) >= 11 is 5.33. The summed E-state index contributed by atoms with van der Waals surface area (Å²) in [5, 5.41) is 5.56. The highest BCUT2D eigenvalue weighted by Gasteiger charge is 2.18. The molecule has 1 unspecified atom stereocenters. The number of thiophene rings is 1. The first-order valence-corrected chi connectivity index (χ1v) is 6.60. The van der Waals surface area contributed by atoms with Crippen LogP contribution in [0.15, 0.2) is 15.9 Å². The maximum Gasteiger partial charge on any atom is 0.0332 e. The van der Waals surface area contributed by atoms with Gasteiger partial charge in [-0.15, -0.1) is 11.3 Å². The minimum atomic E-state index is 0.657. The van der Waals surface area contributed by atoms with Crippen LogP contribution in [0.25, 0.3) is 0 Å². The van der Waals surface area contributed by atoms with Gasteiger partial charge in [-0.2, -0.15) is 0 Å². The number of nitrogens with zero attached hydrogens (tertiary/aromatic N) is 1. The first-order valence-electron chi connectivity index (χ1n) is 4.93. The van der Waals surface area contributed by atoms with E-state index in [0.717, 1.165) is 26.2 Å². The van der Waals surface area contributed by atoms with Crippen LogP contribution in [0.5, 0.6) is 0 Å². The Bertz CT molecular complexity index is 300. The first-order chi connectivity index (χ1) is 6.75. The summed E-state index contributed by atoms with van der Waals surface area (Å²) in [6.45, 7) is 6.79. The van der Waals surface area contributed by atoms with E-state index in [9.17, 15) is 0 Å². The molecule has 1 fully saturated rings. The Morgan fingerprint density at radius 1 is 1.71 bits per heavy atom. The van der Waals surface area contributed by atoms with Gasteiger partial charge in [-0.25, -0.2) is 0 Å². The molecule has 1 aromatic rings. The lowest BCUT2D eigenvalue weighted by Gasteiger charge is -2.33. The second kappa shape index (κ2) is 4.75. The minimum absolute atomic E-state index is 0.657. The van der Waals surface area contributed by atoms with Gasteiger partial charge in [-0.1, -0.05) is 0 Å². The van der Waals surface area contributed by atoms with Crippen molar-refractivity contribution in [2.24, 2.45) is 0 Å². The molecular formula is C10H15BrN2S. The second-order valence-electron chi connectivity index (χ2n) is 3.75. The summed E-state index contributed by atoms with van der Waals surface area (Å²) in [6, 6.07) is 2.88. The van der Waals surface area contributed by atoms with Gasteiger partial charge in [0.05, 0.1) is 0 Å². The molecule has 0 spiro atoms. The van der Waals surface area contributed by atoms with Crippen molar-refractivity contribution in [3.8, 4) is 0 Å². The summed E-state index contributed by atoms with van der Waals surface area (Å²) in [5.74, 6) is 0. The number of hydrogen-bond acceptors (Lipinski definition) is 3. The summed E-state index contributed by atoms with van der Waals surface area (Å²) in [7, 11) is 0. The van der Waals surface area contributed by atoms with Crippen molar-refractivity contribution in [1.29, 1.82) is 0 Å². The third kappa shape index (κ3) is 2.57. The molecule has 1 aliphatic rings. The Hall–Kier alpha value is 0.1000. The van der Waals surface area contributed by atoms with E-state index in [1.807, 2.05) is 11.3 Å². The van der Waals surface area contributed by atoms with Gasteiger partial charge in [0.15, 0.2) is 0 Å². The van der Waals surface area contributed by atoms with Crippen molar-refractivity contribution < 1.29 is 0 Å². The lowest BCUT2D eigenvalue weighted by Crippen LogP contribution is -2.49. The van der Waals surface area contributed by atoms with Gasteiger partial charge in [0.1, 0.15) is 0 Å². The lowest BCUT2D eigenvalue weighted by molar-refractivity contribution is 0.167. The molecule has 0 bridgehead atoms. The summed E-state index contributed by atoms with van der Waals surface area (Å²) in [5.41, 5.74) is 0. The first kappa shape index (κ1) is 10.6. The average molecular weight is 275 g/mol. The molecule has 2 heterocycles. The van der Waals surface area contributed by atoms with Crippen molar-refractivity contribution in [2.45, 2.75) is 19.5 Å². The van der Waals surface area contributed by atoms with Gasteiger partial charge in [-0.05, 0) is 28.9 Å². The zero-order valence-corrected chi connectivity index (χ0v) is 10.7. The number of nitrogens with one attached hydrogen (secondary N) is 1. The van der Waals surface area contributed by atoms with Crippen molar-refractivity contribution in [1.82, 2.24) is 10.2 Å². The fraction of sp³-hybridized carbons (Fsp3) is 0.600. The third-order valence-corrected chi connectivity index (χ3v) is 4.30. The molecule has 78 valence electrons. The molecule has 0 aliphatic carbocycles. The third-order valence-electron chi connectivity index (χ3n) is 2.62. The van der Waals surface area contributed by atoms with E-state index in [-0.39, 0.29) is 0 Å².